The first-order chi connectivity index (χ1) is 14.5. The number of carbonyl (C=O) groups excluding carboxylic acids is 2. The van der Waals surface area contributed by atoms with Crippen molar-refractivity contribution in [2.45, 2.75) is 70.1 Å². The fourth-order valence-electron chi connectivity index (χ4n) is 4.85. The Morgan fingerprint density at radius 1 is 1.23 bits per heavy atom. The van der Waals surface area contributed by atoms with E-state index in [1.54, 1.807) is 11.7 Å². The minimum absolute atomic E-state index is 0.0792. The Hall–Kier alpha value is -1.93. The normalized spacial score (nSPS) is 24.1. The van der Waals surface area contributed by atoms with E-state index in [0.717, 1.165) is 50.5 Å². The number of aryl methyl sites for hydroxylation is 2. The SMILES string of the molecule is CCCc1cc(C(=O)NC[C@H]2CN(C3CCN(C4CCC4)CC3)C(=O)CO2)n(C)n1. The van der Waals surface area contributed by atoms with Crippen LogP contribution in [0.5, 0.6) is 0 Å². The molecule has 0 bridgehead atoms. The van der Waals surface area contributed by atoms with Crippen molar-refractivity contribution in [1.82, 2.24) is 24.9 Å². The van der Waals surface area contributed by atoms with Crippen LogP contribution in [0.2, 0.25) is 0 Å². The Bertz CT molecular complexity index is 752. The van der Waals surface area contributed by atoms with Gasteiger partial charge in [-0.1, -0.05) is 19.8 Å². The van der Waals surface area contributed by atoms with Crippen LogP contribution in [-0.4, -0.2) is 82.4 Å². The quantitative estimate of drug-likeness (QED) is 0.724. The molecule has 8 nitrogen and oxygen atoms in total. The highest BCUT2D eigenvalue weighted by atomic mass is 16.5. The third-order valence-corrected chi connectivity index (χ3v) is 6.85. The molecule has 166 valence electrons. The third-order valence-electron chi connectivity index (χ3n) is 6.85. The highest BCUT2D eigenvalue weighted by Crippen LogP contribution is 2.29. The van der Waals surface area contributed by atoms with Gasteiger partial charge in [0.1, 0.15) is 12.3 Å². The molecule has 0 unspecified atom stereocenters. The molecular formula is C22H35N5O3. The van der Waals surface area contributed by atoms with Crippen LogP contribution in [0.4, 0.5) is 0 Å². The number of hydrogen-bond acceptors (Lipinski definition) is 5. The molecule has 2 saturated heterocycles. The fraction of sp³-hybridized carbons (Fsp3) is 0.773. The minimum atomic E-state index is -0.167. The van der Waals surface area contributed by atoms with Crippen LogP contribution in [0, 0.1) is 0 Å². The van der Waals surface area contributed by atoms with E-state index in [4.69, 9.17) is 4.74 Å². The topological polar surface area (TPSA) is 79.7 Å². The van der Waals surface area contributed by atoms with E-state index < -0.39 is 0 Å². The first-order valence-electron chi connectivity index (χ1n) is 11.5. The maximum absolute atomic E-state index is 12.6. The molecule has 1 aromatic heterocycles. The molecule has 0 aromatic carbocycles. The smallest absolute Gasteiger partial charge is 0.269 e. The summed E-state index contributed by atoms with van der Waals surface area (Å²) in [6.07, 6.45) is 7.80. The van der Waals surface area contributed by atoms with E-state index in [0.29, 0.717) is 24.8 Å². The summed E-state index contributed by atoms with van der Waals surface area (Å²) in [6.45, 7) is 5.33. The average Bonchev–Trinajstić information content (AvgIpc) is 3.07. The van der Waals surface area contributed by atoms with Crippen LogP contribution in [0.15, 0.2) is 6.07 Å². The van der Waals surface area contributed by atoms with Gasteiger partial charge < -0.3 is 19.9 Å². The molecule has 1 aliphatic carbocycles. The first-order valence-corrected chi connectivity index (χ1v) is 11.5. The molecule has 2 aliphatic heterocycles. The van der Waals surface area contributed by atoms with Crippen LogP contribution >= 0.6 is 0 Å². The Labute approximate surface area is 178 Å². The van der Waals surface area contributed by atoms with E-state index >= 15 is 0 Å². The monoisotopic (exact) mass is 417 g/mol. The van der Waals surface area contributed by atoms with Crippen molar-refractivity contribution in [2.24, 2.45) is 7.05 Å². The summed E-state index contributed by atoms with van der Waals surface area (Å²) >= 11 is 0. The van der Waals surface area contributed by atoms with Gasteiger partial charge in [-0.05, 0) is 38.2 Å². The lowest BCUT2D eigenvalue weighted by atomic mass is 9.89. The van der Waals surface area contributed by atoms with E-state index in [9.17, 15) is 9.59 Å². The van der Waals surface area contributed by atoms with Gasteiger partial charge in [0.25, 0.3) is 5.91 Å². The summed E-state index contributed by atoms with van der Waals surface area (Å²) in [5.41, 5.74) is 1.50. The minimum Gasteiger partial charge on any atom is -0.365 e. The Morgan fingerprint density at radius 2 is 2.00 bits per heavy atom. The van der Waals surface area contributed by atoms with Crippen molar-refractivity contribution in [3.8, 4) is 0 Å². The summed E-state index contributed by atoms with van der Waals surface area (Å²) < 4.78 is 7.35. The number of rotatable bonds is 7. The summed E-state index contributed by atoms with van der Waals surface area (Å²) in [5, 5.41) is 7.37. The maximum Gasteiger partial charge on any atom is 0.269 e. The first kappa shape index (κ1) is 21.3. The zero-order chi connectivity index (χ0) is 21.1. The van der Waals surface area contributed by atoms with Gasteiger partial charge in [0, 0.05) is 45.3 Å². The van der Waals surface area contributed by atoms with Crippen molar-refractivity contribution >= 4 is 11.8 Å². The van der Waals surface area contributed by atoms with Crippen LogP contribution in [0.25, 0.3) is 0 Å². The molecule has 0 spiro atoms. The van der Waals surface area contributed by atoms with Crippen LogP contribution in [0.3, 0.4) is 0 Å². The average molecular weight is 418 g/mol. The number of hydrogen-bond donors (Lipinski definition) is 1. The van der Waals surface area contributed by atoms with Crippen LogP contribution < -0.4 is 5.32 Å². The van der Waals surface area contributed by atoms with Crippen molar-refractivity contribution < 1.29 is 14.3 Å². The van der Waals surface area contributed by atoms with Gasteiger partial charge in [0.05, 0.1) is 11.8 Å². The number of aromatic nitrogens is 2. The molecule has 1 aromatic rings. The van der Waals surface area contributed by atoms with Crippen molar-refractivity contribution in [1.29, 1.82) is 0 Å². The Kier molecular flexibility index (Phi) is 6.73. The molecule has 8 heteroatoms. The molecule has 3 fully saturated rings. The molecule has 1 N–H and O–H groups in total. The highest BCUT2D eigenvalue weighted by Gasteiger charge is 2.35. The number of likely N-dealkylation sites (tertiary alicyclic amines) is 1. The zero-order valence-corrected chi connectivity index (χ0v) is 18.3. The highest BCUT2D eigenvalue weighted by molar-refractivity contribution is 5.92. The predicted octanol–water partition coefficient (Wildman–Crippen LogP) is 1.35. The number of piperidine rings is 1. The van der Waals surface area contributed by atoms with Gasteiger partial charge in [-0.15, -0.1) is 0 Å². The molecule has 3 heterocycles. The fourth-order valence-corrected chi connectivity index (χ4v) is 4.85. The number of nitrogens with zero attached hydrogens (tertiary/aromatic N) is 4. The molecular weight excluding hydrogens is 382 g/mol. The Morgan fingerprint density at radius 3 is 2.67 bits per heavy atom. The van der Waals surface area contributed by atoms with Crippen LogP contribution in [0.1, 0.15) is 61.6 Å². The lowest BCUT2D eigenvalue weighted by molar-refractivity contribution is -0.153. The van der Waals surface area contributed by atoms with E-state index in [-0.39, 0.29) is 24.5 Å². The molecule has 1 saturated carbocycles. The largest absolute Gasteiger partial charge is 0.365 e. The standard InChI is InChI=1S/C22H35N5O3/c1-3-5-16-12-20(25(2)24-16)22(29)23-13-19-14-27(21(28)15-30-19)18-8-10-26(11-9-18)17-6-4-7-17/h12,17-19H,3-11,13-15H2,1-2H3,(H,23,29)/t19-/m0/s1. The van der Waals surface area contributed by atoms with Crippen molar-refractivity contribution in [2.75, 3.05) is 32.8 Å². The van der Waals surface area contributed by atoms with Crippen LogP contribution in [-0.2, 0) is 23.0 Å². The molecule has 2 amide bonds. The van der Waals surface area contributed by atoms with Gasteiger partial charge in [0.2, 0.25) is 5.91 Å². The van der Waals surface area contributed by atoms with Gasteiger partial charge >= 0.3 is 0 Å². The van der Waals surface area contributed by atoms with Gasteiger partial charge in [-0.3, -0.25) is 14.3 Å². The van der Waals surface area contributed by atoms with E-state index in [1.165, 1.54) is 19.3 Å². The van der Waals surface area contributed by atoms with E-state index in [2.05, 4.69) is 22.2 Å². The number of ether oxygens (including phenoxy) is 1. The van der Waals surface area contributed by atoms with Gasteiger partial charge in [0.15, 0.2) is 0 Å². The number of nitrogens with one attached hydrogen (secondary N) is 1. The Balaban J connectivity index is 1.27. The molecule has 30 heavy (non-hydrogen) atoms. The van der Waals surface area contributed by atoms with Crippen molar-refractivity contribution in [3.63, 3.8) is 0 Å². The molecule has 4 rings (SSSR count). The lowest BCUT2D eigenvalue weighted by Crippen LogP contribution is -2.57. The second-order valence-electron chi connectivity index (χ2n) is 8.94. The second-order valence-corrected chi connectivity index (χ2v) is 8.94. The molecule has 3 aliphatic rings. The predicted molar refractivity (Wildman–Crippen MR) is 113 cm³/mol. The number of amides is 2. The summed E-state index contributed by atoms with van der Waals surface area (Å²) in [5.74, 6) is -0.0660. The summed E-state index contributed by atoms with van der Waals surface area (Å²) in [6, 6.07) is 2.93. The lowest BCUT2D eigenvalue weighted by Gasteiger charge is -2.45. The van der Waals surface area contributed by atoms with Gasteiger partial charge in [-0.2, -0.15) is 5.10 Å². The zero-order valence-electron chi connectivity index (χ0n) is 18.3. The second kappa shape index (κ2) is 9.47. The maximum atomic E-state index is 12.6. The van der Waals surface area contributed by atoms with Crippen molar-refractivity contribution in [3.05, 3.63) is 17.5 Å². The number of morpholine rings is 1. The number of carbonyl (C=O) groups is 2. The molecule has 1 atom stereocenters. The molecule has 0 radical (unpaired) electrons. The summed E-state index contributed by atoms with van der Waals surface area (Å²) in [4.78, 5) is 29.7. The van der Waals surface area contributed by atoms with Gasteiger partial charge in [-0.25, -0.2) is 0 Å². The summed E-state index contributed by atoms with van der Waals surface area (Å²) in [7, 11) is 1.79. The third kappa shape index (κ3) is 4.70. The van der Waals surface area contributed by atoms with E-state index in [1.807, 2.05) is 11.0 Å².